The molecule has 1 aromatic rings. The molecule has 1 aliphatic heterocycles. The molecule has 1 saturated heterocycles. The fraction of sp³-hybridized carbons (Fsp3) is 0.538. The second-order valence-corrected chi connectivity index (χ2v) is 8.15. The first-order valence-electron chi connectivity index (χ1n) is 6.40. The van der Waals surface area contributed by atoms with Crippen molar-refractivity contribution in [2.24, 2.45) is 0 Å². The van der Waals surface area contributed by atoms with Gasteiger partial charge < -0.3 is 5.32 Å². The van der Waals surface area contributed by atoms with Crippen molar-refractivity contribution in [2.45, 2.75) is 30.6 Å². The van der Waals surface area contributed by atoms with Crippen LogP contribution in [0.1, 0.15) is 30.9 Å². The highest BCUT2D eigenvalue weighted by molar-refractivity contribution is 9.10. The molecule has 1 aromatic carbocycles. The van der Waals surface area contributed by atoms with Crippen LogP contribution >= 0.6 is 15.9 Å². The average Bonchev–Trinajstić information content (AvgIpc) is 2.37. The molecule has 0 bridgehead atoms. The number of rotatable bonds is 3. The van der Waals surface area contributed by atoms with E-state index in [9.17, 15) is 17.2 Å². The van der Waals surface area contributed by atoms with Gasteiger partial charge in [-0.25, -0.2) is 17.2 Å². The van der Waals surface area contributed by atoms with Crippen molar-refractivity contribution < 1.29 is 17.2 Å². The molecule has 0 radical (unpaired) electrons. The maximum absolute atomic E-state index is 14.0. The van der Waals surface area contributed by atoms with Crippen LogP contribution in [0.4, 0.5) is 8.78 Å². The fourth-order valence-electron chi connectivity index (χ4n) is 2.67. The summed E-state index contributed by atoms with van der Waals surface area (Å²) in [4.78, 5) is 0. The Morgan fingerprint density at radius 1 is 1.30 bits per heavy atom. The quantitative estimate of drug-likeness (QED) is 0.835. The third-order valence-corrected chi connectivity index (χ3v) is 6.58. The SMILES string of the molecule is CNC(c1cc(F)c(Br)cc1F)C1CCCCS1(=O)=O. The molecule has 1 fully saturated rings. The summed E-state index contributed by atoms with van der Waals surface area (Å²) < 4.78 is 52.0. The number of halogens is 3. The van der Waals surface area contributed by atoms with Crippen LogP contribution in [-0.2, 0) is 9.84 Å². The van der Waals surface area contributed by atoms with E-state index in [-0.39, 0.29) is 15.8 Å². The predicted molar refractivity (Wildman–Crippen MR) is 77.3 cm³/mol. The van der Waals surface area contributed by atoms with E-state index in [2.05, 4.69) is 21.2 Å². The van der Waals surface area contributed by atoms with Gasteiger partial charge in [-0.15, -0.1) is 0 Å². The Morgan fingerprint density at radius 2 is 2.00 bits per heavy atom. The standard InChI is InChI=1S/C13H16BrF2NO2S/c1-17-13(12-4-2-3-5-20(12,18)19)8-6-11(16)9(14)7-10(8)15/h6-7,12-13,17H,2-5H2,1H3. The Hall–Kier alpha value is -0.530. The lowest BCUT2D eigenvalue weighted by atomic mass is 9.99. The van der Waals surface area contributed by atoms with Crippen molar-refractivity contribution >= 4 is 25.8 Å². The highest BCUT2D eigenvalue weighted by Gasteiger charge is 2.37. The molecule has 0 aliphatic carbocycles. The van der Waals surface area contributed by atoms with Crippen molar-refractivity contribution in [2.75, 3.05) is 12.8 Å². The van der Waals surface area contributed by atoms with Gasteiger partial charge in [0.2, 0.25) is 0 Å². The van der Waals surface area contributed by atoms with Gasteiger partial charge in [-0.3, -0.25) is 0 Å². The summed E-state index contributed by atoms with van der Waals surface area (Å²) >= 11 is 2.92. The van der Waals surface area contributed by atoms with Crippen LogP contribution in [0.25, 0.3) is 0 Å². The molecule has 7 heteroatoms. The van der Waals surface area contributed by atoms with E-state index >= 15 is 0 Å². The van der Waals surface area contributed by atoms with Crippen LogP contribution in [0.5, 0.6) is 0 Å². The summed E-state index contributed by atoms with van der Waals surface area (Å²) in [5.41, 5.74) is 0.0590. The van der Waals surface area contributed by atoms with Gasteiger partial charge in [-0.1, -0.05) is 6.42 Å². The summed E-state index contributed by atoms with van der Waals surface area (Å²) in [7, 11) is -1.72. The maximum atomic E-state index is 14.0. The monoisotopic (exact) mass is 367 g/mol. The highest BCUT2D eigenvalue weighted by Crippen LogP contribution is 2.33. The minimum atomic E-state index is -3.29. The lowest BCUT2D eigenvalue weighted by molar-refractivity contribution is 0.451. The number of hydrogen-bond donors (Lipinski definition) is 1. The lowest BCUT2D eigenvalue weighted by Gasteiger charge is -2.30. The molecule has 2 atom stereocenters. The van der Waals surface area contributed by atoms with Crippen molar-refractivity contribution in [1.29, 1.82) is 0 Å². The molecule has 1 heterocycles. The average molecular weight is 368 g/mol. The van der Waals surface area contributed by atoms with Crippen LogP contribution < -0.4 is 5.32 Å². The number of benzene rings is 1. The molecule has 2 unspecified atom stereocenters. The molecule has 2 rings (SSSR count). The molecular weight excluding hydrogens is 352 g/mol. The first-order valence-corrected chi connectivity index (χ1v) is 8.91. The van der Waals surface area contributed by atoms with E-state index in [4.69, 9.17) is 0 Å². The minimum Gasteiger partial charge on any atom is -0.312 e. The van der Waals surface area contributed by atoms with Gasteiger partial charge in [0.25, 0.3) is 0 Å². The summed E-state index contributed by atoms with van der Waals surface area (Å²) in [6.07, 6.45) is 1.88. The smallest absolute Gasteiger partial charge is 0.155 e. The summed E-state index contributed by atoms with van der Waals surface area (Å²) in [6, 6.07) is 1.36. The Kier molecular flexibility index (Phi) is 4.81. The first-order chi connectivity index (χ1) is 9.36. The number of nitrogens with one attached hydrogen (secondary N) is 1. The van der Waals surface area contributed by atoms with E-state index in [1.54, 1.807) is 7.05 Å². The van der Waals surface area contributed by atoms with Gasteiger partial charge in [0.15, 0.2) is 9.84 Å². The predicted octanol–water partition coefficient (Wildman–Crippen LogP) is 2.96. The van der Waals surface area contributed by atoms with E-state index in [1.807, 2.05) is 0 Å². The largest absolute Gasteiger partial charge is 0.312 e. The Morgan fingerprint density at radius 3 is 2.60 bits per heavy atom. The van der Waals surface area contributed by atoms with E-state index in [1.165, 1.54) is 0 Å². The molecule has 0 aromatic heterocycles. The zero-order chi connectivity index (χ0) is 14.9. The lowest BCUT2D eigenvalue weighted by Crippen LogP contribution is -2.39. The first kappa shape index (κ1) is 15.9. The van der Waals surface area contributed by atoms with Gasteiger partial charge in [0, 0.05) is 5.56 Å². The zero-order valence-corrected chi connectivity index (χ0v) is 13.4. The van der Waals surface area contributed by atoms with Crippen molar-refractivity contribution in [3.8, 4) is 0 Å². The third kappa shape index (κ3) is 3.04. The molecule has 3 nitrogen and oxygen atoms in total. The molecule has 20 heavy (non-hydrogen) atoms. The molecule has 0 saturated carbocycles. The van der Waals surface area contributed by atoms with E-state index < -0.39 is 32.8 Å². The van der Waals surface area contributed by atoms with Gasteiger partial charge >= 0.3 is 0 Å². The van der Waals surface area contributed by atoms with Gasteiger partial charge in [0.1, 0.15) is 11.6 Å². The summed E-state index contributed by atoms with van der Waals surface area (Å²) in [5.74, 6) is -1.11. The van der Waals surface area contributed by atoms with Gasteiger partial charge in [-0.05, 0) is 48.0 Å². The number of hydrogen-bond acceptors (Lipinski definition) is 3. The molecule has 112 valence electrons. The zero-order valence-electron chi connectivity index (χ0n) is 11.0. The number of sulfone groups is 1. The fourth-order valence-corrected chi connectivity index (χ4v) is 5.12. The summed E-state index contributed by atoms with van der Waals surface area (Å²) in [6.45, 7) is 0. The Balaban J connectivity index is 2.45. The third-order valence-electron chi connectivity index (χ3n) is 3.69. The molecule has 0 amide bonds. The normalized spacial score (nSPS) is 23.5. The van der Waals surface area contributed by atoms with Crippen LogP contribution in [0.15, 0.2) is 16.6 Å². The highest BCUT2D eigenvalue weighted by atomic mass is 79.9. The van der Waals surface area contributed by atoms with E-state index in [0.717, 1.165) is 18.6 Å². The van der Waals surface area contributed by atoms with E-state index in [0.29, 0.717) is 12.8 Å². The van der Waals surface area contributed by atoms with Crippen LogP contribution in [0, 0.1) is 11.6 Å². The van der Waals surface area contributed by atoms with Crippen molar-refractivity contribution in [3.63, 3.8) is 0 Å². The van der Waals surface area contributed by atoms with Crippen LogP contribution in [-0.4, -0.2) is 26.5 Å². The maximum Gasteiger partial charge on any atom is 0.155 e. The molecule has 1 aliphatic rings. The Bertz CT molecular complexity index is 607. The second kappa shape index (κ2) is 6.07. The van der Waals surface area contributed by atoms with Gasteiger partial charge in [0.05, 0.1) is 21.5 Å². The Labute approximate surface area is 125 Å². The summed E-state index contributed by atoms with van der Waals surface area (Å²) in [5, 5.41) is 2.12. The molecular formula is C13H16BrF2NO2S. The molecule has 0 spiro atoms. The van der Waals surface area contributed by atoms with Gasteiger partial charge in [-0.2, -0.15) is 0 Å². The minimum absolute atomic E-state index is 0.0279. The second-order valence-electron chi connectivity index (χ2n) is 4.96. The van der Waals surface area contributed by atoms with Crippen molar-refractivity contribution in [3.05, 3.63) is 33.8 Å². The van der Waals surface area contributed by atoms with Crippen molar-refractivity contribution in [1.82, 2.24) is 5.32 Å². The topological polar surface area (TPSA) is 46.2 Å². The van der Waals surface area contributed by atoms with Crippen LogP contribution in [0.3, 0.4) is 0 Å². The molecule has 1 N–H and O–H groups in total. The van der Waals surface area contributed by atoms with Crippen LogP contribution in [0.2, 0.25) is 0 Å².